The molecule has 5 heteroatoms. The number of fused-ring (bicyclic) bond motifs is 1. The Labute approximate surface area is 126 Å². The highest BCUT2D eigenvalue weighted by Gasteiger charge is 2.37. The Hall–Kier alpha value is -1.36. The summed E-state index contributed by atoms with van der Waals surface area (Å²) in [5, 5.41) is 0. The predicted molar refractivity (Wildman–Crippen MR) is 79.5 cm³/mol. The van der Waals surface area contributed by atoms with E-state index in [0.717, 1.165) is 22.0 Å². The average Bonchev–Trinajstić information content (AvgIpc) is 2.82. The minimum atomic E-state index is 0.0720. The highest BCUT2D eigenvalue weighted by atomic mass is 79.9. The number of rotatable bonds is 1. The molecule has 0 bridgehead atoms. The van der Waals surface area contributed by atoms with Gasteiger partial charge in [-0.05, 0) is 31.0 Å². The molecule has 1 aromatic rings. The van der Waals surface area contributed by atoms with Gasteiger partial charge in [0.25, 0.3) is 5.91 Å². The number of hydrogen-bond acceptors (Lipinski definition) is 2. The number of nitrogens with zero attached hydrogens (tertiary/aromatic N) is 2. The van der Waals surface area contributed by atoms with Crippen molar-refractivity contribution >= 4 is 27.7 Å². The van der Waals surface area contributed by atoms with Gasteiger partial charge in [-0.1, -0.05) is 22.0 Å². The Balaban J connectivity index is 1.79. The molecule has 106 valence electrons. The number of hydrogen-bond donors (Lipinski definition) is 0. The van der Waals surface area contributed by atoms with Crippen LogP contribution in [-0.2, 0) is 4.79 Å². The van der Waals surface area contributed by atoms with Crippen molar-refractivity contribution in [3.8, 4) is 0 Å². The van der Waals surface area contributed by atoms with Crippen molar-refractivity contribution < 1.29 is 9.59 Å². The lowest BCUT2D eigenvalue weighted by Gasteiger charge is -2.37. The lowest BCUT2D eigenvalue weighted by Crippen LogP contribution is -2.53. The third kappa shape index (κ3) is 2.24. The highest BCUT2D eigenvalue weighted by molar-refractivity contribution is 9.10. The van der Waals surface area contributed by atoms with Crippen LogP contribution in [0.25, 0.3) is 0 Å². The summed E-state index contributed by atoms with van der Waals surface area (Å²) in [6, 6.07) is 5.92. The number of carbonyl (C=O) groups excluding carboxylic acids is 2. The molecule has 3 rings (SSSR count). The Morgan fingerprint density at radius 3 is 2.95 bits per heavy atom. The minimum Gasteiger partial charge on any atom is -0.336 e. The summed E-state index contributed by atoms with van der Waals surface area (Å²) in [4.78, 5) is 28.1. The molecule has 0 spiro atoms. The third-order valence-corrected chi connectivity index (χ3v) is 5.14. The van der Waals surface area contributed by atoms with Crippen LogP contribution in [0.1, 0.15) is 28.8 Å². The van der Waals surface area contributed by atoms with E-state index in [9.17, 15) is 9.59 Å². The van der Waals surface area contributed by atoms with Crippen LogP contribution in [0.4, 0.5) is 0 Å². The quantitative estimate of drug-likeness (QED) is 0.788. The molecule has 1 aromatic carbocycles. The molecule has 1 atom stereocenters. The van der Waals surface area contributed by atoms with Crippen molar-refractivity contribution in [2.75, 3.05) is 19.6 Å². The standard InChI is InChI=1S/C15H17BrN2O2/c1-10-12(3-2-4-13(10)16)15(20)17-7-8-18-11(9-17)5-6-14(18)19/h2-4,11H,5-9H2,1H3. The van der Waals surface area contributed by atoms with Crippen molar-refractivity contribution in [1.29, 1.82) is 0 Å². The van der Waals surface area contributed by atoms with E-state index in [4.69, 9.17) is 0 Å². The van der Waals surface area contributed by atoms with Crippen LogP contribution in [-0.4, -0.2) is 47.3 Å². The zero-order valence-corrected chi connectivity index (χ0v) is 13.0. The van der Waals surface area contributed by atoms with Crippen LogP contribution in [0.5, 0.6) is 0 Å². The fourth-order valence-electron chi connectivity index (χ4n) is 3.06. The van der Waals surface area contributed by atoms with Gasteiger partial charge in [0.15, 0.2) is 0 Å². The van der Waals surface area contributed by atoms with Gasteiger partial charge in [0.1, 0.15) is 0 Å². The smallest absolute Gasteiger partial charge is 0.254 e. The molecule has 1 unspecified atom stereocenters. The van der Waals surface area contributed by atoms with Gasteiger partial charge in [-0.15, -0.1) is 0 Å². The molecule has 2 aliphatic rings. The van der Waals surface area contributed by atoms with E-state index in [1.165, 1.54) is 0 Å². The number of benzene rings is 1. The van der Waals surface area contributed by atoms with Crippen molar-refractivity contribution in [2.24, 2.45) is 0 Å². The van der Waals surface area contributed by atoms with Gasteiger partial charge in [-0.2, -0.15) is 0 Å². The Morgan fingerprint density at radius 1 is 1.35 bits per heavy atom. The van der Waals surface area contributed by atoms with E-state index in [2.05, 4.69) is 15.9 Å². The zero-order chi connectivity index (χ0) is 14.3. The lowest BCUT2D eigenvalue weighted by molar-refractivity contribution is -0.130. The number of carbonyl (C=O) groups is 2. The first kappa shape index (κ1) is 13.6. The third-order valence-electron chi connectivity index (χ3n) is 4.28. The first-order chi connectivity index (χ1) is 9.58. The minimum absolute atomic E-state index is 0.0720. The van der Waals surface area contributed by atoms with Crippen LogP contribution in [0.2, 0.25) is 0 Å². The maximum Gasteiger partial charge on any atom is 0.254 e. The molecule has 2 fully saturated rings. The molecule has 0 saturated carbocycles. The van der Waals surface area contributed by atoms with Crippen LogP contribution >= 0.6 is 15.9 Å². The van der Waals surface area contributed by atoms with Crippen molar-refractivity contribution in [1.82, 2.24) is 9.80 Å². The monoisotopic (exact) mass is 336 g/mol. The van der Waals surface area contributed by atoms with Crippen molar-refractivity contribution in [3.63, 3.8) is 0 Å². The maximum atomic E-state index is 12.6. The normalized spacial score (nSPS) is 22.1. The van der Waals surface area contributed by atoms with Crippen molar-refractivity contribution in [2.45, 2.75) is 25.8 Å². The molecule has 0 aromatic heterocycles. The summed E-state index contributed by atoms with van der Waals surface area (Å²) in [5.74, 6) is 0.309. The van der Waals surface area contributed by atoms with Crippen molar-refractivity contribution in [3.05, 3.63) is 33.8 Å². The second-order valence-corrected chi connectivity index (χ2v) is 6.30. The van der Waals surface area contributed by atoms with Crippen LogP contribution in [0, 0.1) is 6.92 Å². The van der Waals surface area contributed by atoms with Crippen LogP contribution in [0.3, 0.4) is 0 Å². The molecular weight excluding hydrogens is 320 g/mol. The summed E-state index contributed by atoms with van der Waals surface area (Å²) in [6.07, 6.45) is 1.50. The molecule has 20 heavy (non-hydrogen) atoms. The molecular formula is C15H17BrN2O2. The lowest BCUT2D eigenvalue weighted by atomic mass is 10.1. The first-order valence-corrected chi connectivity index (χ1v) is 7.71. The summed E-state index contributed by atoms with van der Waals surface area (Å²) < 4.78 is 0.957. The van der Waals surface area contributed by atoms with Gasteiger partial charge < -0.3 is 9.80 Å². The zero-order valence-electron chi connectivity index (χ0n) is 11.4. The molecule has 2 amide bonds. The molecule has 2 aliphatic heterocycles. The van der Waals surface area contributed by atoms with Crippen LogP contribution in [0.15, 0.2) is 22.7 Å². The number of piperazine rings is 1. The fraction of sp³-hybridized carbons (Fsp3) is 0.467. The highest BCUT2D eigenvalue weighted by Crippen LogP contribution is 2.25. The molecule has 0 radical (unpaired) electrons. The largest absolute Gasteiger partial charge is 0.336 e. The summed E-state index contributed by atoms with van der Waals surface area (Å²) in [6.45, 7) is 3.92. The molecule has 4 nitrogen and oxygen atoms in total. The van der Waals surface area contributed by atoms with E-state index in [0.29, 0.717) is 26.1 Å². The number of halogens is 1. The number of amides is 2. The van der Waals surface area contributed by atoms with E-state index >= 15 is 0 Å². The van der Waals surface area contributed by atoms with Gasteiger partial charge in [0, 0.05) is 42.1 Å². The van der Waals surface area contributed by atoms with E-state index in [-0.39, 0.29) is 17.9 Å². The van der Waals surface area contributed by atoms with E-state index < -0.39 is 0 Å². The molecule has 0 N–H and O–H groups in total. The Bertz CT molecular complexity index is 573. The van der Waals surface area contributed by atoms with E-state index in [1.54, 1.807) is 0 Å². The Kier molecular flexibility index (Phi) is 3.54. The molecule has 0 aliphatic carbocycles. The topological polar surface area (TPSA) is 40.6 Å². The Morgan fingerprint density at radius 2 is 2.15 bits per heavy atom. The predicted octanol–water partition coefficient (Wildman–Crippen LogP) is 2.20. The SMILES string of the molecule is Cc1c(Br)cccc1C(=O)N1CCN2C(=O)CCC2C1. The summed E-state index contributed by atoms with van der Waals surface area (Å²) in [5.41, 5.74) is 1.72. The van der Waals surface area contributed by atoms with Gasteiger partial charge in [0.05, 0.1) is 0 Å². The van der Waals surface area contributed by atoms with Crippen LogP contribution < -0.4 is 0 Å². The van der Waals surface area contributed by atoms with Gasteiger partial charge in [-0.3, -0.25) is 9.59 Å². The van der Waals surface area contributed by atoms with Gasteiger partial charge in [0.2, 0.25) is 5.91 Å². The summed E-state index contributed by atoms with van der Waals surface area (Å²) in [7, 11) is 0. The maximum absolute atomic E-state index is 12.6. The second-order valence-electron chi connectivity index (χ2n) is 5.44. The molecule has 2 saturated heterocycles. The van der Waals surface area contributed by atoms with Gasteiger partial charge in [-0.25, -0.2) is 0 Å². The average molecular weight is 337 g/mol. The molecule has 2 heterocycles. The second kappa shape index (κ2) is 5.20. The van der Waals surface area contributed by atoms with Gasteiger partial charge >= 0.3 is 0 Å². The first-order valence-electron chi connectivity index (χ1n) is 6.92. The van der Waals surface area contributed by atoms with E-state index in [1.807, 2.05) is 34.9 Å². The fourth-order valence-corrected chi connectivity index (χ4v) is 3.42. The summed E-state index contributed by atoms with van der Waals surface area (Å²) >= 11 is 3.47.